The number of ether oxygens (including phenoxy) is 1. The summed E-state index contributed by atoms with van der Waals surface area (Å²) in [5, 5.41) is 13.8. The van der Waals surface area contributed by atoms with E-state index in [0.29, 0.717) is 18.5 Å². The van der Waals surface area contributed by atoms with Crippen molar-refractivity contribution in [1.82, 2.24) is 10.2 Å². The summed E-state index contributed by atoms with van der Waals surface area (Å²) < 4.78 is 41.6. The molecular weight excluding hydrogens is 469 g/mol. The van der Waals surface area contributed by atoms with E-state index in [1.54, 1.807) is 0 Å². The van der Waals surface area contributed by atoms with E-state index >= 15 is 0 Å². The van der Waals surface area contributed by atoms with E-state index < -0.39 is 24.3 Å². The van der Waals surface area contributed by atoms with Crippen LogP contribution in [0.1, 0.15) is 42.1 Å². The number of hydrogen-bond donors (Lipinski definition) is 2. The lowest BCUT2D eigenvalue weighted by Crippen LogP contribution is -2.47. The molecule has 2 aromatic carbocycles. The predicted molar refractivity (Wildman–Crippen MR) is 123 cm³/mol. The molecule has 2 N–H and O–H groups in total. The minimum Gasteiger partial charge on any atom is -0.404 e. The highest BCUT2D eigenvalue weighted by molar-refractivity contribution is 6.32. The van der Waals surface area contributed by atoms with Crippen LogP contribution in [0.3, 0.4) is 0 Å². The largest absolute Gasteiger partial charge is 0.573 e. The number of benzene rings is 2. The van der Waals surface area contributed by atoms with E-state index in [9.17, 15) is 23.1 Å². The molecule has 1 fully saturated rings. The first kappa shape index (κ1) is 24.8. The van der Waals surface area contributed by atoms with Crippen molar-refractivity contribution in [3.63, 3.8) is 0 Å². The van der Waals surface area contributed by atoms with E-state index in [4.69, 9.17) is 11.6 Å². The number of carbonyl (C=O) groups is 1. The number of aliphatic hydroxyl groups is 1. The quantitative estimate of drug-likeness (QED) is 0.558. The zero-order chi connectivity index (χ0) is 24.3. The third-order valence-electron chi connectivity index (χ3n) is 6.51. The minimum atomic E-state index is -4.87. The number of hydrogen-bond acceptors (Lipinski definition) is 4. The van der Waals surface area contributed by atoms with Crippen LogP contribution in [0, 0.1) is 5.92 Å². The molecular formula is C25H28ClF3N2O3. The first-order valence-electron chi connectivity index (χ1n) is 11.5. The van der Waals surface area contributed by atoms with E-state index in [0.717, 1.165) is 44.8 Å². The van der Waals surface area contributed by atoms with Crippen molar-refractivity contribution in [2.24, 2.45) is 5.92 Å². The van der Waals surface area contributed by atoms with Crippen molar-refractivity contribution < 1.29 is 27.8 Å². The van der Waals surface area contributed by atoms with Crippen LogP contribution in [0.25, 0.3) is 0 Å². The van der Waals surface area contributed by atoms with E-state index in [-0.39, 0.29) is 16.8 Å². The van der Waals surface area contributed by atoms with Crippen LogP contribution in [0.5, 0.6) is 5.75 Å². The third kappa shape index (κ3) is 6.43. The van der Waals surface area contributed by atoms with Gasteiger partial charge in [0.05, 0.1) is 11.1 Å². The fourth-order valence-corrected chi connectivity index (χ4v) is 5.16. The minimum absolute atomic E-state index is 0.149. The van der Waals surface area contributed by atoms with Gasteiger partial charge in [0, 0.05) is 13.0 Å². The van der Waals surface area contributed by atoms with Crippen LogP contribution in [0.4, 0.5) is 13.2 Å². The maximum absolute atomic E-state index is 12.9. The Labute approximate surface area is 201 Å². The molecule has 0 aromatic heterocycles. The van der Waals surface area contributed by atoms with Gasteiger partial charge in [-0.2, -0.15) is 0 Å². The first-order valence-corrected chi connectivity index (χ1v) is 11.9. The fourth-order valence-electron chi connectivity index (χ4n) is 4.93. The van der Waals surface area contributed by atoms with Crippen molar-refractivity contribution in [2.45, 2.75) is 50.6 Å². The SMILES string of the molecule is O=C(CC1Cc2ccccc2C1)N[C@H](CN1CCCC1)[C@H](O)c1ccc(OC(F)(F)F)c(Cl)c1. The molecule has 184 valence electrons. The Morgan fingerprint density at radius 2 is 1.79 bits per heavy atom. The summed E-state index contributed by atoms with van der Waals surface area (Å²) in [7, 11) is 0. The van der Waals surface area contributed by atoms with Gasteiger partial charge in [0.2, 0.25) is 5.91 Å². The lowest BCUT2D eigenvalue weighted by atomic mass is 9.99. The number of rotatable bonds is 8. The molecule has 34 heavy (non-hydrogen) atoms. The number of nitrogens with one attached hydrogen (secondary N) is 1. The highest BCUT2D eigenvalue weighted by Crippen LogP contribution is 2.33. The van der Waals surface area contributed by atoms with Gasteiger partial charge < -0.3 is 20.1 Å². The smallest absolute Gasteiger partial charge is 0.404 e. The highest BCUT2D eigenvalue weighted by Gasteiger charge is 2.33. The summed E-state index contributed by atoms with van der Waals surface area (Å²) in [5.41, 5.74) is 2.85. The monoisotopic (exact) mass is 496 g/mol. The van der Waals surface area contributed by atoms with Gasteiger partial charge in [-0.05, 0) is 73.5 Å². The van der Waals surface area contributed by atoms with Crippen molar-refractivity contribution in [2.75, 3.05) is 19.6 Å². The maximum atomic E-state index is 12.9. The van der Waals surface area contributed by atoms with Crippen LogP contribution in [0.2, 0.25) is 5.02 Å². The normalized spacial score (nSPS) is 18.5. The van der Waals surface area contributed by atoms with Crippen molar-refractivity contribution in [3.05, 3.63) is 64.2 Å². The molecule has 1 saturated heterocycles. The fraction of sp³-hybridized carbons (Fsp3) is 0.480. The van der Waals surface area contributed by atoms with Crippen LogP contribution in [0.15, 0.2) is 42.5 Å². The molecule has 0 radical (unpaired) electrons. The van der Waals surface area contributed by atoms with Crippen molar-refractivity contribution in [1.29, 1.82) is 0 Å². The number of fused-ring (bicyclic) bond motifs is 1. The van der Waals surface area contributed by atoms with Gasteiger partial charge in [-0.25, -0.2) is 0 Å². The second-order valence-electron chi connectivity index (χ2n) is 9.11. The predicted octanol–water partition coefficient (Wildman–Crippen LogP) is 4.66. The number of halogens is 4. The molecule has 2 atom stereocenters. The lowest BCUT2D eigenvalue weighted by Gasteiger charge is -2.29. The standard InChI is InChI=1S/C25H28ClF3N2O3/c26-20-14-19(7-8-22(20)34-25(27,28)29)24(33)21(15-31-9-3-4-10-31)30-23(32)13-16-11-17-5-1-2-6-18(17)12-16/h1-2,5-8,14,16,21,24,33H,3-4,9-13,15H2,(H,30,32)/t21-,24-/m1/s1. The Balaban J connectivity index is 1.44. The maximum Gasteiger partial charge on any atom is 0.573 e. The Morgan fingerprint density at radius 1 is 1.15 bits per heavy atom. The molecule has 5 nitrogen and oxygen atoms in total. The molecule has 0 saturated carbocycles. The van der Waals surface area contributed by atoms with Crippen LogP contribution in [-0.2, 0) is 17.6 Å². The average molecular weight is 497 g/mol. The summed E-state index contributed by atoms with van der Waals surface area (Å²) >= 11 is 5.98. The molecule has 9 heteroatoms. The average Bonchev–Trinajstić information content (AvgIpc) is 3.42. The van der Waals surface area contributed by atoms with Gasteiger partial charge in [-0.15, -0.1) is 13.2 Å². The van der Waals surface area contributed by atoms with Gasteiger partial charge in [0.1, 0.15) is 11.9 Å². The molecule has 0 bridgehead atoms. The summed E-state index contributed by atoms with van der Waals surface area (Å²) in [6.45, 7) is 2.18. The molecule has 0 spiro atoms. The molecule has 1 heterocycles. The summed E-state index contributed by atoms with van der Waals surface area (Å²) in [6, 6.07) is 11.2. The van der Waals surface area contributed by atoms with Gasteiger partial charge in [-0.1, -0.05) is 41.9 Å². The molecule has 1 amide bonds. The van der Waals surface area contributed by atoms with Gasteiger partial charge in [-0.3, -0.25) is 4.79 Å². The summed E-state index contributed by atoms with van der Waals surface area (Å²) in [4.78, 5) is 15.1. The van der Waals surface area contributed by atoms with Gasteiger partial charge >= 0.3 is 6.36 Å². The van der Waals surface area contributed by atoms with Crippen LogP contribution in [-0.4, -0.2) is 48.0 Å². The highest BCUT2D eigenvalue weighted by atomic mass is 35.5. The number of alkyl halides is 3. The zero-order valence-corrected chi connectivity index (χ0v) is 19.4. The van der Waals surface area contributed by atoms with E-state index in [1.807, 2.05) is 12.1 Å². The Bertz CT molecular complexity index is 986. The number of likely N-dealkylation sites (tertiary alicyclic amines) is 1. The van der Waals surface area contributed by atoms with Gasteiger partial charge in [0.15, 0.2) is 0 Å². The Hall–Kier alpha value is -2.29. The summed E-state index contributed by atoms with van der Waals surface area (Å²) in [6.07, 6.45) is -1.87. The molecule has 2 aromatic rings. The zero-order valence-electron chi connectivity index (χ0n) is 18.7. The number of amides is 1. The third-order valence-corrected chi connectivity index (χ3v) is 6.81. The van der Waals surface area contributed by atoms with Crippen molar-refractivity contribution in [3.8, 4) is 5.75 Å². The number of nitrogens with zero attached hydrogens (tertiary/aromatic N) is 1. The number of aliphatic hydroxyl groups excluding tert-OH is 1. The summed E-state index contributed by atoms with van der Waals surface area (Å²) in [5.74, 6) is -0.481. The molecule has 4 rings (SSSR count). The van der Waals surface area contributed by atoms with Gasteiger partial charge in [0.25, 0.3) is 0 Å². The number of carbonyl (C=O) groups excluding carboxylic acids is 1. The molecule has 2 aliphatic rings. The topological polar surface area (TPSA) is 61.8 Å². The second-order valence-corrected chi connectivity index (χ2v) is 9.52. The van der Waals surface area contributed by atoms with Crippen LogP contribution < -0.4 is 10.1 Å². The lowest BCUT2D eigenvalue weighted by molar-refractivity contribution is -0.274. The van der Waals surface area contributed by atoms with Crippen molar-refractivity contribution >= 4 is 17.5 Å². The molecule has 1 aliphatic carbocycles. The molecule has 1 aliphatic heterocycles. The first-order chi connectivity index (χ1) is 16.2. The second kappa shape index (κ2) is 10.5. The Kier molecular flexibility index (Phi) is 7.70. The Morgan fingerprint density at radius 3 is 2.38 bits per heavy atom. The molecule has 0 unspecified atom stereocenters. The van der Waals surface area contributed by atoms with Crippen LogP contribution >= 0.6 is 11.6 Å². The van der Waals surface area contributed by atoms with E-state index in [1.165, 1.54) is 23.3 Å². The van der Waals surface area contributed by atoms with E-state index in [2.05, 4.69) is 27.1 Å².